The first-order valence-electron chi connectivity index (χ1n) is 8.87. The Hall–Kier alpha value is -1.25. The number of rotatable bonds is 2. The van der Waals surface area contributed by atoms with Crippen LogP contribution in [-0.4, -0.2) is 16.4 Å². The number of benzene rings is 1. The molecule has 1 aromatic carbocycles. The van der Waals surface area contributed by atoms with Crippen LogP contribution in [0.5, 0.6) is 0 Å². The average molecular weight is 343 g/mol. The summed E-state index contributed by atoms with van der Waals surface area (Å²) >= 11 is 6.92. The van der Waals surface area contributed by atoms with Crippen LogP contribution in [0, 0.1) is 18.4 Å². The molecule has 0 amide bonds. The number of halogens is 1. The number of hydrogen-bond donors (Lipinski definition) is 2. The molecule has 0 aliphatic heterocycles. The Labute approximate surface area is 149 Å². The Balaban J connectivity index is 2.01. The summed E-state index contributed by atoms with van der Waals surface area (Å²) in [6.07, 6.45) is 5.29. The number of hydrogen-bond acceptors (Lipinski definition) is 0. The average Bonchev–Trinajstić information content (AvgIpc) is 2.99. The van der Waals surface area contributed by atoms with E-state index in [-0.39, 0.29) is 16.2 Å². The molecule has 128 valence electrons. The van der Waals surface area contributed by atoms with Gasteiger partial charge in [-0.1, -0.05) is 32.1 Å². The van der Waals surface area contributed by atoms with Crippen LogP contribution in [0.15, 0.2) is 37.1 Å². The summed E-state index contributed by atoms with van der Waals surface area (Å²) < 4.78 is 0. The van der Waals surface area contributed by atoms with Crippen LogP contribution in [0.4, 0.5) is 0 Å². The van der Waals surface area contributed by atoms with Crippen molar-refractivity contribution in [3.63, 3.8) is 0 Å². The van der Waals surface area contributed by atoms with Crippen molar-refractivity contribution >= 4 is 22.5 Å². The lowest BCUT2D eigenvalue weighted by molar-refractivity contribution is -0.654. The van der Waals surface area contributed by atoms with E-state index in [4.69, 9.17) is 11.6 Å². The minimum absolute atomic E-state index is 0.0817. The molecule has 24 heavy (non-hydrogen) atoms. The maximum absolute atomic E-state index is 6.92. The lowest BCUT2D eigenvalue weighted by atomic mass is 9.51. The summed E-state index contributed by atoms with van der Waals surface area (Å²) in [6.45, 7) is 11.1. The third-order valence-corrected chi connectivity index (χ3v) is 7.73. The monoisotopic (exact) mass is 342 g/mol. The number of nitrogens with two attached hydrogens (primary N) is 1. The number of nitrogens with one attached hydrogen (secondary N) is 1. The Kier molecular flexibility index (Phi) is 3.47. The van der Waals surface area contributed by atoms with Gasteiger partial charge in [-0.05, 0) is 41.9 Å². The van der Waals surface area contributed by atoms with Gasteiger partial charge >= 0.3 is 0 Å². The molecular weight excluding hydrogens is 316 g/mol. The highest BCUT2D eigenvalue weighted by Gasteiger charge is 2.57. The van der Waals surface area contributed by atoms with E-state index in [1.807, 2.05) is 0 Å². The van der Waals surface area contributed by atoms with Gasteiger partial charge in [0.25, 0.3) is 0 Å². The van der Waals surface area contributed by atoms with E-state index >= 15 is 0 Å². The fraction of sp³-hybridized carbons (Fsp3) is 0.476. The molecule has 0 spiro atoms. The topological polar surface area (TPSA) is 32.4 Å². The molecule has 0 saturated heterocycles. The van der Waals surface area contributed by atoms with Gasteiger partial charge in [0.2, 0.25) is 0 Å². The Morgan fingerprint density at radius 2 is 2.12 bits per heavy atom. The van der Waals surface area contributed by atoms with Gasteiger partial charge in [-0.2, -0.15) is 7.05 Å². The largest absolute Gasteiger partial charge is 0.475 e. The first kappa shape index (κ1) is 16.2. The fourth-order valence-corrected chi connectivity index (χ4v) is 5.93. The minimum atomic E-state index is -0.129. The van der Waals surface area contributed by atoms with Crippen molar-refractivity contribution in [2.75, 3.05) is 0 Å². The standard InChI is InChI=1S/C21H27ClN2/c1-6-21(4)16(22)10-14-18(19(21)23-5)12-11-24-15-9-7-8-13(17(12)15)20(14,2)3/h6-9,11,14,16,18-19,24H,1,5,10,23H2,2-4H3. The first-order chi connectivity index (χ1) is 11.4. The van der Waals surface area contributed by atoms with Gasteiger partial charge in [-0.25, -0.2) is 0 Å². The molecule has 2 aromatic rings. The van der Waals surface area contributed by atoms with Crippen LogP contribution < -0.4 is 5.32 Å². The minimum Gasteiger partial charge on any atom is -0.475 e. The molecule has 1 fully saturated rings. The maximum atomic E-state index is 6.92. The third kappa shape index (κ3) is 1.82. The third-order valence-electron chi connectivity index (χ3n) is 7.08. The molecule has 2 aliphatic carbocycles. The van der Waals surface area contributed by atoms with Crippen LogP contribution in [0.2, 0.25) is 0 Å². The molecule has 1 heterocycles. The second kappa shape index (κ2) is 5.12. The Bertz CT molecular complexity index is 805. The van der Waals surface area contributed by atoms with Gasteiger partial charge in [0.05, 0.1) is 11.5 Å². The molecule has 0 bridgehead atoms. The van der Waals surface area contributed by atoms with Crippen LogP contribution in [0.1, 0.15) is 44.2 Å². The Morgan fingerprint density at radius 1 is 1.38 bits per heavy atom. The summed E-state index contributed by atoms with van der Waals surface area (Å²) in [4.78, 5) is 3.50. The van der Waals surface area contributed by atoms with Gasteiger partial charge in [-0.3, -0.25) is 0 Å². The summed E-state index contributed by atoms with van der Waals surface area (Å²) in [5, 5.41) is 3.62. The molecule has 5 atom stereocenters. The smallest absolute Gasteiger partial charge is 0.0797 e. The molecule has 3 heteroatoms. The predicted octanol–water partition coefficient (Wildman–Crippen LogP) is 4.09. The number of quaternary nitrogens is 1. The second-order valence-corrected chi connectivity index (χ2v) is 8.89. The lowest BCUT2D eigenvalue weighted by Crippen LogP contribution is -2.91. The highest BCUT2D eigenvalue weighted by atomic mass is 35.5. The van der Waals surface area contributed by atoms with Crippen LogP contribution in [0.25, 0.3) is 10.9 Å². The highest BCUT2D eigenvalue weighted by molar-refractivity contribution is 6.21. The molecule has 1 saturated carbocycles. The number of H-pyrrole nitrogens is 1. The predicted molar refractivity (Wildman–Crippen MR) is 101 cm³/mol. The van der Waals surface area contributed by atoms with Crippen molar-refractivity contribution < 1.29 is 5.32 Å². The van der Waals surface area contributed by atoms with E-state index in [0.29, 0.717) is 17.9 Å². The zero-order valence-corrected chi connectivity index (χ0v) is 15.5. The molecular formula is C21H27ClN2. The summed E-state index contributed by atoms with van der Waals surface area (Å²) in [7, 11) is 4.19. The van der Waals surface area contributed by atoms with Crippen molar-refractivity contribution in [3.05, 3.63) is 55.2 Å². The van der Waals surface area contributed by atoms with Crippen LogP contribution in [-0.2, 0) is 5.41 Å². The van der Waals surface area contributed by atoms with Crippen molar-refractivity contribution in [2.45, 2.75) is 49.9 Å². The van der Waals surface area contributed by atoms with Crippen molar-refractivity contribution in [2.24, 2.45) is 11.3 Å². The number of alkyl halides is 1. The summed E-state index contributed by atoms with van der Waals surface area (Å²) in [5.74, 6) is 0.934. The SMILES string of the molecule is C=CC1(C)C(Cl)CC2C(c3c[nH]c4cccc(c34)C2(C)C)C1[NH2+][CH2-]. The molecule has 3 N–H and O–H groups in total. The zero-order valence-electron chi connectivity index (χ0n) is 14.8. The van der Waals surface area contributed by atoms with Gasteiger partial charge in [0, 0.05) is 28.4 Å². The highest BCUT2D eigenvalue weighted by Crippen LogP contribution is 2.59. The first-order valence-corrected chi connectivity index (χ1v) is 9.30. The number of aromatic nitrogens is 1. The van der Waals surface area contributed by atoms with Gasteiger partial charge in [0.1, 0.15) is 0 Å². The van der Waals surface area contributed by atoms with Crippen LogP contribution >= 0.6 is 11.6 Å². The normalized spacial score (nSPS) is 37.2. The number of aromatic amines is 1. The molecule has 0 radical (unpaired) electrons. The van der Waals surface area contributed by atoms with Crippen molar-refractivity contribution in [1.29, 1.82) is 0 Å². The molecule has 1 aromatic heterocycles. The van der Waals surface area contributed by atoms with E-state index in [2.05, 4.69) is 75.2 Å². The van der Waals surface area contributed by atoms with Gasteiger partial charge < -0.3 is 10.3 Å². The van der Waals surface area contributed by atoms with Crippen molar-refractivity contribution in [1.82, 2.24) is 4.98 Å². The molecule has 5 unspecified atom stereocenters. The fourth-order valence-electron chi connectivity index (χ4n) is 5.50. The summed E-state index contributed by atoms with van der Waals surface area (Å²) in [5.41, 5.74) is 4.09. The second-order valence-electron chi connectivity index (χ2n) is 8.36. The van der Waals surface area contributed by atoms with E-state index < -0.39 is 0 Å². The summed E-state index contributed by atoms with van der Waals surface area (Å²) in [6, 6.07) is 6.94. The van der Waals surface area contributed by atoms with E-state index in [0.717, 1.165) is 6.42 Å². The quantitative estimate of drug-likeness (QED) is 0.468. The molecule has 2 aliphatic rings. The lowest BCUT2D eigenvalue weighted by Gasteiger charge is -2.56. The van der Waals surface area contributed by atoms with Crippen LogP contribution in [0.3, 0.4) is 0 Å². The number of fused-ring (bicyclic) bond motifs is 2. The van der Waals surface area contributed by atoms with Gasteiger partial charge in [0.15, 0.2) is 0 Å². The Morgan fingerprint density at radius 3 is 2.79 bits per heavy atom. The van der Waals surface area contributed by atoms with E-state index in [9.17, 15) is 0 Å². The molecule has 2 nitrogen and oxygen atoms in total. The van der Waals surface area contributed by atoms with Gasteiger partial charge in [-0.15, -0.1) is 18.2 Å². The van der Waals surface area contributed by atoms with E-state index in [1.54, 1.807) is 0 Å². The van der Waals surface area contributed by atoms with Crippen molar-refractivity contribution in [3.8, 4) is 0 Å². The van der Waals surface area contributed by atoms with E-state index in [1.165, 1.54) is 22.0 Å². The zero-order chi connectivity index (χ0) is 17.3. The molecule has 4 rings (SSSR count). The maximum Gasteiger partial charge on any atom is 0.0797 e.